The summed E-state index contributed by atoms with van der Waals surface area (Å²) >= 11 is 0. The minimum absolute atomic E-state index is 0.000361. The minimum atomic E-state index is -0.567. The fourth-order valence-electron chi connectivity index (χ4n) is 5.14. The molecule has 0 radical (unpaired) electrons. The van der Waals surface area contributed by atoms with Gasteiger partial charge in [-0.15, -0.1) is 0 Å². The maximum atomic E-state index is 14.0. The Morgan fingerprint density at radius 1 is 1.19 bits per heavy atom. The van der Waals surface area contributed by atoms with Crippen LogP contribution in [0.25, 0.3) is 0 Å². The summed E-state index contributed by atoms with van der Waals surface area (Å²) in [6.45, 7) is 7.82. The van der Waals surface area contributed by atoms with E-state index in [9.17, 15) is 8.78 Å². The summed E-state index contributed by atoms with van der Waals surface area (Å²) in [5.41, 5.74) is 7.21. The molecule has 3 N–H and O–H groups in total. The van der Waals surface area contributed by atoms with Crippen LogP contribution in [0.1, 0.15) is 40.0 Å². The Hall–Kier alpha value is -2.44. The number of nitrogen functional groups attached to an aromatic ring is 1. The molecule has 1 aromatic heterocycles. The van der Waals surface area contributed by atoms with E-state index in [1.54, 1.807) is 0 Å². The van der Waals surface area contributed by atoms with E-state index < -0.39 is 11.6 Å². The third-order valence-corrected chi connectivity index (χ3v) is 5.73. The number of nitrogens with one attached hydrogen (secondary N) is 1. The van der Waals surface area contributed by atoms with Gasteiger partial charge in [-0.05, 0) is 42.2 Å². The van der Waals surface area contributed by atoms with Gasteiger partial charge in [-0.2, -0.15) is 0 Å². The second-order valence-electron chi connectivity index (χ2n) is 9.05. The maximum Gasteiger partial charge on any atom is 0.159 e. The quantitative estimate of drug-likeness (QED) is 0.830. The lowest BCUT2D eigenvalue weighted by Crippen LogP contribution is -2.35. The molecule has 144 valence electrons. The van der Waals surface area contributed by atoms with Crippen molar-refractivity contribution in [1.82, 2.24) is 9.97 Å². The minimum Gasteiger partial charge on any atom is -0.393 e. The summed E-state index contributed by atoms with van der Waals surface area (Å²) in [4.78, 5) is 10.8. The van der Waals surface area contributed by atoms with Crippen LogP contribution in [-0.2, 0) is 0 Å². The van der Waals surface area contributed by atoms with Crippen molar-refractivity contribution >= 4 is 23.0 Å². The Kier molecular flexibility index (Phi) is 4.01. The Morgan fingerprint density at radius 3 is 2.74 bits per heavy atom. The largest absolute Gasteiger partial charge is 0.393 e. The van der Waals surface area contributed by atoms with E-state index in [1.807, 2.05) is 0 Å². The van der Waals surface area contributed by atoms with Crippen LogP contribution >= 0.6 is 0 Å². The highest BCUT2D eigenvalue weighted by Gasteiger charge is 2.50. The molecule has 2 bridgehead atoms. The number of halogens is 2. The van der Waals surface area contributed by atoms with Gasteiger partial charge in [0.25, 0.3) is 0 Å². The molecule has 27 heavy (non-hydrogen) atoms. The lowest BCUT2D eigenvalue weighted by Gasteiger charge is -2.39. The Balaban J connectivity index is 1.66. The van der Waals surface area contributed by atoms with Gasteiger partial charge in [0, 0.05) is 18.7 Å². The highest BCUT2D eigenvalue weighted by molar-refractivity contribution is 5.78. The number of aromatic nitrogens is 2. The topological polar surface area (TPSA) is 67.1 Å². The van der Waals surface area contributed by atoms with Crippen LogP contribution in [0.5, 0.6) is 0 Å². The molecule has 0 spiro atoms. The summed E-state index contributed by atoms with van der Waals surface area (Å²) in [6.07, 6.45) is 4.77. The number of fused-ring (bicyclic) bond motifs is 2. The van der Waals surface area contributed by atoms with E-state index in [1.165, 1.54) is 6.33 Å². The predicted molar refractivity (Wildman–Crippen MR) is 103 cm³/mol. The Bertz CT molecular complexity index is 885. The van der Waals surface area contributed by atoms with Crippen LogP contribution in [-0.4, -0.2) is 22.6 Å². The average Bonchev–Trinajstić information content (AvgIpc) is 2.81. The molecule has 2 heterocycles. The third kappa shape index (κ3) is 3.31. The summed E-state index contributed by atoms with van der Waals surface area (Å²) in [5.74, 6) is -0.149. The van der Waals surface area contributed by atoms with Gasteiger partial charge in [0.1, 0.15) is 23.6 Å². The molecule has 2 unspecified atom stereocenters. The molecule has 0 amide bonds. The van der Waals surface area contributed by atoms with E-state index in [4.69, 9.17) is 5.73 Å². The van der Waals surface area contributed by atoms with Gasteiger partial charge in [-0.25, -0.2) is 18.7 Å². The summed E-state index contributed by atoms with van der Waals surface area (Å²) < 4.78 is 27.4. The molecular weight excluding hydrogens is 348 g/mol. The van der Waals surface area contributed by atoms with Crippen molar-refractivity contribution in [3.63, 3.8) is 0 Å². The van der Waals surface area contributed by atoms with Crippen molar-refractivity contribution in [2.24, 2.45) is 10.8 Å². The first kappa shape index (κ1) is 17.9. The standard InChI is InChI=1S/C20H25F2N5/c1-19(2)7-13-8-20(3,9-19)10-27(13)18-16(23)17(24-11-25-18)26-15-6-12(21)4-5-14(15)22/h4-6,11,13H,7-10,23H2,1-3H3,(H,24,25,26). The van der Waals surface area contributed by atoms with Crippen LogP contribution in [0.15, 0.2) is 24.5 Å². The summed E-state index contributed by atoms with van der Waals surface area (Å²) in [6, 6.07) is 3.60. The number of benzene rings is 1. The molecule has 5 nitrogen and oxygen atoms in total. The van der Waals surface area contributed by atoms with E-state index >= 15 is 0 Å². The van der Waals surface area contributed by atoms with Gasteiger partial charge in [-0.3, -0.25) is 0 Å². The molecule has 1 saturated carbocycles. The van der Waals surface area contributed by atoms with E-state index in [2.05, 4.69) is 41.0 Å². The third-order valence-electron chi connectivity index (χ3n) is 5.73. The molecule has 1 aliphatic heterocycles. The van der Waals surface area contributed by atoms with Crippen molar-refractivity contribution in [2.45, 2.75) is 46.1 Å². The fourth-order valence-corrected chi connectivity index (χ4v) is 5.14. The molecule has 2 aromatic rings. The number of nitrogens with zero attached hydrogens (tertiary/aromatic N) is 3. The smallest absolute Gasteiger partial charge is 0.159 e. The molecule has 2 fully saturated rings. The SMILES string of the molecule is CC1(C)CC2CC(C)(CN2c2ncnc(Nc3cc(F)ccc3F)c2N)C1. The Labute approximate surface area is 158 Å². The van der Waals surface area contributed by atoms with Gasteiger partial charge >= 0.3 is 0 Å². The number of hydrogen-bond donors (Lipinski definition) is 2. The van der Waals surface area contributed by atoms with Crippen LogP contribution in [0, 0.1) is 22.5 Å². The Morgan fingerprint density at radius 2 is 1.96 bits per heavy atom. The zero-order chi connectivity index (χ0) is 19.4. The van der Waals surface area contributed by atoms with Crippen LogP contribution in [0.3, 0.4) is 0 Å². The number of rotatable bonds is 3. The second-order valence-corrected chi connectivity index (χ2v) is 9.05. The molecule has 1 aromatic carbocycles. The predicted octanol–water partition coefficient (Wildman–Crippen LogP) is 4.49. The molecule has 2 aliphatic rings. The van der Waals surface area contributed by atoms with Gasteiger partial charge in [0.05, 0.1) is 5.69 Å². The first-order valence-electron chi connectivity index (χ1n) is 9.25. The lowest BCUT2D eigenvalue weighted by atomic mass is 9.65. The lowest BCUT2D eigenvalue weighted by molar-refractivity contribution is 0.136. The first-order valence-corrected chi connectivity index (χ1v) is 9.25. The van der Waals surface area contributed by atoms with Crippen LogP contribution in [0.2, 0.25) is 0 Å². The highest BCUT2D eigenvalue weighted by Crippen LogP contribution is 2.54. The number of anilines is 4. The van der Waals surface area contributed by atoms with Crippen molar-refractivity contribution in [3.8, 4) is 0 Å². The van der Waals surface area contributed by atoms with E-state index in [0.29, 0.717) is 17.5 Å². The summed E-state index contributed by atoms with van der Waals surface area (Å²) in [5, 5.41) is 2.81. The van der Waals surface area contributed by atoms with Crippen LogP contribution < -0.4 is 16.0 Å². The zero-order valence-electron chi connectivity index (χ0n) is 15.9. The second kappa shape index (κ2) is 6.04. The maximum absolute atomic E-state index is 14.0. The first-order chi connectivity index (χ1) is 12.7. The van der Waals surface area contributed by atoms with Gasteiger partial charge in [-0.1, -0.05) is 20.8 Å². The van der Waals surface area contributed by atoms with E-state index in [-0.39, 0.29) is 22.3 Å². The van der Waals surface area contributed by atoms with Gasteiger partial charge in [0.15, 0.2) is 11.6 Å². The highest BCUT2D eigenvalue weighted by atomic mass is 19.1. The van der Waals surface area contributed by atoms with Gasteiger partial charge < -0.3 is 16.0 Å². The summed E-state index contributed by atoms with van der Waals surface area (Å²) in [7, 11) is 0. The molecule has 1 aliphatic carbocycles. The molecular formula is C20H25F2N5. The molecule has 7 heteroatoms. The molecule has 4 rings (SSSR count). The fraction of sp³-hybridized carbons (Fsp3) is 0.500. The van der Waals surface area contributed by atoms with Crippen molar-refractivity contribution < 1.29 is 8.78 Å². The monoisotopic (exact) mass is 373 g/mol. The van der Waals surface area contributed by atoms with Crippen molar-refractivity contribution in [2.75, 3.05) is 22.5 Å². The number of hydrogen-bond acceptors (Lipinski definition) is 5. The van der Waals surface area contributed by atoms with Crippen molar-refractivity contribution in [3.05, 3.63) is 36.2 Å². The molecule has 2 atom stereocenters. The zero-order valence-corrected chi connectivity index (χ0v) is 15.9. The normalized spacial score (nSPS) is 26.3. The van der Waals surface area contributed by atoms with Crippen LogP contribution in [0.4, 0.5) is 31.8 Å². The van der Waals surface area contributed by atoms with E-state index in [0.717, 1.165) is 44.0 Å². The van der Waals surface area contributed by atoms with Gasteiger partial charge in [0.2, 0.25) is 0 Å². The van der Waals surface area contributed by atoms with Crippen molar-refractivity contribution in [1.29, 1.82) is 0 Å². The number of nitrogens with two attached hydrogens (primary N) is 1. The molecule has 1 saturated heterocycles. The average molecular weight is 373 g/mol.